The second kappa shape index (κ2) is 14.5. The van der Waals surface area contributed by atoms with Crippen LogP contribution >= 0.6 is 0 Å². The summed E-state index contributed by atoms with van der Waals surface area (Å²) >= 11 is 0. The number of ether oxygens (including phenoxy) is 2. The van der Waals surface area contributed by atoms with Gasteiger partial charge in [0.2, 0.25) is 17.6 Å². The summed E-state index contributed by atoms with van der Waals surface area (Å²) < 4.78 is 81.5. The van der Waals surface area contributed by atoms with Gasteiger partial charge >= 0.3 is 0 Å². The van der Waals surface area contributed by atoms with Crippen LogP contribution in [0.3, 0.4) is 0 Å². The molecule has 0 amide bonds. The first-order valence-electron chi connectivity index (χ1n) is 12.8. The van der Waals surface area contributed by atoms with Gasteiger partial charge in [-0.2, -0.15) is 4.39 Å². The van der Waals surface area contributed by atoms with Crippen LogP contribution in [-0.4, -0.2) is 45.5 Å². The molecule has 42 heavy (non-hydrogen) atoms. The number of nitrogen functional groups attached to an aromatic ring is 1. The fourth-order valence-electron chi connectivity index (χ4n) is 3.91. The standard InChI is InChI=1S/C23H18F3N5O3S.C5H10FN/c1-33-14-5-2-4-13(10-14)12-35(32)31-21-16(24)11-18(19(25)20(21)26)34-22-15(6-3-8-28-22)17-7-9-29-23(27)30-17;6-5-2-1-3-7-4-5/h2-11,31H,12H2,1H3,(H2,27,29,30);5,7H,1-4H2. The molecule has 222 valence electrons. The molecule has 1 saturated heterocycles. The number of anilines is 2. The van der Waals surface area contributed by atoms with E-state index in [1.807, 2.05) is 0 Å². The average Bonchev–Trinajstić information content (AvgIpc) is 2.99. The van der Waals surface area contributed by atoms with E-state index >= 15 is 0 Å². The van der Waals surface area contributed by atoms with Crippen molar-refractivity contribution in [1.82, 2.24) is 20.3 Å². The molecule has 0 aliphatic carbocycles. The lowest BCUT2D eigenvalue weighted by Gasteiger charge is -2.14. The Labute approximate surface area is 242 Å². The van der Waals surface area contributed by atoms with E-state index < -0.39 is 46.0 Å². The number of methoxy groups -OCH3 is 1. The molecule has 3 heterocycles. The molecule has 0 radical (unpaired) electrons. The van der Waals surface area contributed by atoms with Crippen LogP contribution in [-0.2, 0) is 16.7 Å². The molecule has 2 aromatic heterocycles. The molecule has 1 aliphatic rings. The molecule has 4 aromatic rings. The highest BCUT2D eigenvalue weighted by molar-refractivity contribution is 7.85. The fourth-order valence-corrected chi connectivity index (χ4v) is 4.88. The van der Waals surface area contributed by atoms with E-state index in [1.54, 1.807) is 36.4 Å². The van der Waals surface area contributed by atoms with Crippen LogP contribution in [0.1, 0.15) is 18.4 Å². The third-order valence-electron chi connectivity index (χ3n) is 5.94. The summed E-state index contributed by atoms with van der Waals surface area (Å²) in [6, 6.07) is 12.0. The van der Waals surface area contributed by atoms with Crippen LogP contribution < -0.4 is 25.2 Å². The number of hydrogen-bond donors (Lipinski definition) is 3. The average molecular weight is 605 g/mol. The number of piperidine rings is 1. The Bertz CT molecular complexity index is 1540. The van der Waals surface area contributed by atoms with Gasteiger partial charge in [0, 0.05) is 25.0 Å². The number of nitrogens with one attached hydrogen (secondary N) is 2. The first kappa shape index (κ1) is 30.7. The van der Waals surface area contributed by atoms with E-state index in [1.165, 1.54) is 25.6 Å². The molecule has 0 spiro atoms. The topological polar surface area (TPSA) is 124 Å². The van der Waals surface area contributed by atoms with Gasteiger partial charge in [-0.1, -0.05) is 12.1 Å². The Morgan fingerprint density at radius 1 is 1.10 bits per heavy atom. The van der Waals surface area contributed by atoms with Crippen molar-refractivity contribution in [2.75, 3.05) is 30.7 Å². The number of halogens is 4. The predicted molar refractivity (Wildman–Crippen MR) is 152 cm³/mol. The number of hydrogen-bond acceptors (Lipinski definition) is 8. The maximum absolute atomic E-state index is 14.8. The minimum atomic E-state index is -1.97. The highest BCUT2D eigenvalue weighted by Gasteiger charge is 2.23. The van der Waals surface area contributed by atoms with Crippen LogP contribution in [0, 0.1) is 17.5 Å². The zero-order valence-corrected chi connectivity index (χ0v) is 23.3. The van der Waals surface area contributed by atoms with Crippen molar-refractivity contribution >= 4 is 22.6 Å². The number of nitrogens with zero attached hydrogens (tertiary/aromatic N) is 3. The zero-order valence-electron chi connectivity index (χ0n) is 22.5. The monoisotopic (exact) mass is 604 g/mol. The predicted octanol–water partition coefficient (Wildman–Crippen LogP) is 5.32. The SMILES string of the molecule is COc1cccc(CS(=O)Nc2c(F)cc(Oc3ncccc3-c3ccnc(N)n3)c(F)c2F)c1.FC1CCCNC1. The van der Waals surface area contributed by atoms with Crippen molar-refractivity contribution in [1.29, 1.82) is 0 Å². The number of benzene rings is 2. The molecule has 2 atom stereocenters. The van der Waals surface area contributed by atoms with Gasteiger partial charge in [-0.05, 0) is 55.3 Å². The van der Waals surface area contributed by atoms with Gasteiger partial charge in [-0.25, -0.2) is 32.3 Å². The Balaban J connectivity index is 0.000000507. The van der Waals surface area contributed by atoms with Gasteiger partial charge in [0.05, 0.1) is 24.1 Å². The minimum absolute atomic E-state index is 0.0158. The third-order valence-corrected chi connectivity index (χ3v) is 6.96. The molecule has 2 aromatic carbocycles. The summed E-state index contributed by atoms with van der Waals surface area (Å²) in [4.78, 5) is 11.8. The molecule has 1 fully saturated rings. The van der Waals surface area contributed by atoms with E-state index in [-0.39, 0.29) is 17.6 Å². The third kappa shape index (κ3) is 8.13. The highest BCUT2D eigenvalue weighted by atomic mass is 32.2. The maximum Gasteiger partial charge on any atom is 0.228 e. The van der Waals surface area contributed by atoms with E-state index in [0.717, 1.165) is 19.4 Å². The van der Waals surface area contributed by atoms with E-state index in [9.17, 15) is 21.8 Å². The lowest BCUT2D eigenvalue weighted by Crippen LogP contribution is -2.30. The number of aromatic nitrogens is 3. The van der Waals surface area contributed by atoms with Crippen LogP contribution in [0.5, 0.6) is 17.4 Å². The van der Waals surface area contributed by atoms with Gasteiger partial charge < -0.3 is 20.5 Å². The molecule has 4 N–H and O–H groups in total. The molecular formula is C28H28F4N6O3S. The Morgan fingerprint density at radius 3 is 2.62 bits per heavy atom. The van der Waals surface area contributed by atoms with Gasteiger partial charge in [0.15, 0.2) is 17.4 Å². The molecule has 1 aliphatic heterocycles. The molecule has 9 nitrogen and oxygen atoms in total. The van der Waals surface area contributed by atoms with E-state index in [2.05, 4.69) is 25.0 Å². The van der Waals surface area contributed by atoms with Gasteiger partial charge in [0.25, 0.3) is 0 Å². The van der Waals surface area contributed by atoms with E-state index in [4.69, 9.17) is 15.2 Å². The first-order chi connectivity index (χ1) is 20.2. The van der Waals surface area contributed by atoms with Crippen molar-refractivity contribution in [2.24, 2.45) is 0 Å². The lowest BCUT2D eigenvalue weighted by atomic mass is 10.1. The Morgan fingerprint density at radius 2 is 1.93 bits per heavy atom. The van der Waals surface area contributed by atoms with Crippen LogP contribution in [0.2, 0.25) is 0 Å². The van der Waals surface area contributed by atoms with Gasteiger partial charge in [0.1, 0.15) is 28.6 Å². The largest absolute Gasteiger partial charge is 0.497 e. The molecule has 2 unspecified atom stereocenters. The number of nitrogens with two attached hydrogens (primary N) is 1. The van der Waals surface area contributed by atoms with Crippen molar-refractivity contribution in [3.05, 3.63) is 83.9 Å². The smallest absolute Gasteiger partial charge is 0.228 e. The highest BCUT2D eigenvalue weighted by Crippen LogP contribution is 2.35. The number of alkyl halides is 1. The molecule has 0 saturated carbocycles. The normalized spacial score (nSPS) is 15.2. The Kier molecular flexibility index (Phi) is 10.6. The van der Waals surface area contributed by atoms with Crippen LogP contribution in [0.15, 0.2) is 60.9 Å². The number of rotatable bonds is 8. The second-order valence-corrected chi connectivity index (χ2v) is 10.2. The van der Waals surface area contributed by atoms with Gasteiger partial charge in [-0.3, -0.25) is 4.72 Å². The zero-order chi connectivity index (χ0) is 30.1. The van der Waals surface area contributed by atoms with Crippen molar-refractivity contribution in [2.45, 2.75) is 24.8 Å². The van der Waals surface area contributed by atoms with Crippen LogP contribution in [0.25, 0.3) is 11.3 Å². The number of pyridine rings is 1. The Hall–Kier alpha value is -4.30. The van der Waals surface area contributed by atoms with E-state index in [0.29, 0.717) is 35.2 Å². The van der Waals surface area contributed by atoms with Crippen LogP contribution in [0.4, 0.5) is 29.2 Å². The first-order valence-corrected chi connectivity index (χ1v) is 14.1. The summed E-state index contributed by atoms with van der Waals surface area (Å²) in [5, 5.41) is 2.96. The molecule has 5 rings (SSSR count). The summed E-state index contributed by atoms with van der Waals surface area (Å²) in [7, 11) is -0.493. The van der Waals surface area contributed by atoms with Crippen molar-refractivity contribution in [3.8, 4) is 28.6 Å². The van der Waals surface area contributed by atoms with Crippen molar-refractivity contribution < 1.29 is 31.2 Å². The molecule has 14 heteroatoms. The summed E-state index contributed by atoms with van der Waals surface area (Å²) in [6.07, 6.45) is 3.94. The summed E-state index contributed by atoms with van der Waals surface area (Å²) in [5.74, 6) is -4.80. The molecule has 0 bridgehead atoms. The quantitative estimate of drug-likeness (QED) is 0.182. The van der Waals surface area contributed by atoms with Crippen molar-refractivity contribution in [3.63, 3.8) is 0 Å². The summed E-state index contributed by atoms with van der Waals surface area (Å²) in [5.41, 5.74) is 5.91. The fraction of sp³-hybridized carbons (Fsp3) is 0.250. The molecular weight excluding hydrogens is 576 g/mol. The lowest BCUT2D eigenvalue weighted by molar-refractivity contribution is 0.266. The second-order valence-electron chi connectivity index (χ2n) is 9.00. The maximum atomic E-state index is 14.8. The van der Waals surface area contributed by atoms with Gasteiger partial charge in [-0.15, -0.1) is 0 Å². The summed E-state index contributed by atoms with van der Waals surface area (Å²) in [6.45, 7) is 1.57. The minimum Gasteiger partial charge on any atom is -0.497 e.